The topological polar surface area (TPSA) is 29.1 Å². The minimum absolute atomic E-state index is 0.0264. The molecule has 1 N–H and O–H groups in total. The fourth-order valence-corrected chi connectivity index (χ4v) is 2.86. The van der Waals surface area contributed by atoms with Crippen molar-refractivity contribution in [3.63, 3.8) is 0 Å². The van der Waals surface area contributed by atoms with Crippen LogP contribution in [0.2, 0.25) is 0 Å². The van der Waals surface area contributed by atoms with Crippen molar-refractivity contribution in [3.05, 3.63) is 40.4 Å². The number of carbonyl (C=O) groups is 1. The molecule has 0 heterocycles. The lowest BCUT2D eigenvalue weighted by Crippen LogP contribution is -2.34. The lowest BCUT2D eigenvalue weighted by molar-refractivity contribution is -0.117. The summed E-state index contributed by atoms with van der Waals surface area (Å²) in [6, 6.07) is 8.30. The number of amides is 1. The molecule has 1 aliphatic carbocycles. The molecule has 0 bridgehead atoms. The molecule has 20 heavy (non-hydrogen) atoms. The van der Waals surface area contributed by atoms with Crippen LogP contribution in [0.25, 0.3) is 6.08 Å². The van der Waals surface area contributed by atoms with Gasteiger partial charge in [0.05, 0.1) is 0 Å². The van der Waals surface area contributed by atoms with Crippen LogP contribution in [0.5, 0.6) is 0 Å². The lowest BCUT2D eigenvalue weighted by Gasteiger charge is -2.20. The number of rotatable bonds is 3. The van der Waals surface area contributed by atoms with Crippen molar-refractivity contribution >= 4 is 27.9 Å². The Balaban J connectivity index is 1.83. The van der Waals surface area contributed by atoms with Gasteiger partial charge in [-0.1, -0.05) is 60.2 Å². The van der Waals surface area contributed by atoms with Gasteiger partial charge in [0.25, 0.3) is 0 Å². The number of hydrogen-bond acceptors (Lipinski definition) is 1. The van der Waals surface area contributed by atoms with Crippen LogP contribution in [0.3, 0.4) is 0 Å². The van der Waals surface area contributed by atoms with Crippen molar-refractivity contribution in [2.75, 3.05) is 0 Å². The lowest BCUT2D eigenvalue weighted by atomic mass is 9.97. The Hall–Kier alpha value is -1.09. The normalized spacial score (nSPS) is 17.6. The summed E-state index contributed by atoms with van der Waals surface area (Å²) in [4.78, 5) is 11.9. The van der Waals surface area contributed by atoms with Crippen molar-refractivity contribution in [1.82, 2.24) is 5.32 Å². The minimum atomic E-state index is 0.0264. The predicted molar refractivity (Wildman–Crippen MR) is 87.4 cm³/mol. The zero-order valence-corrected chi connectivity index (χ0v) is 13.4. The summed E-state index contributed by atoms with van der Waals surface area (Å²) < 4.78 is 1.05. The highest BCUT2D eigenvalue weighted by Gasteiger charge is 2.12. The molecule has 3 heteroatoms. The van der Waals surface area contributed by atoms with Gasteiger partial charge in [-0.3, -0.25) is 4.79 Å². The van der Waals surface area contributed by atoms with E-state index >= 15 is 0 Å². The fraction of sp³-hybridized carbons (Fsp3) is 0.471. The second-order valence-corrected chi connectivity index (χ2v) is 6.35. The van der Waals surface area contributed by atoms with Gasteiger partial charge in [0.15, 0.2) is 0 Å². The molecule has 0 aliphatic heterocycles. The third-order valence-corrected chi connectivity index (χ3v) is 4.28. The average Bonchev–Trinajstić information content (AvgIpc) is 2.41. The molecule has 0 radical (unpaired) electrons. The van der Waals surface area contributed by atoms with E-state index in [1.54, 1.807) is 6.08 Å². The van der Waals surface area contributed by atoms with E-state index < -0.39 is 0 Å². The molecule has 1 fully saturated rings. The molecule has 1 aromatic rings. The van der Waals surface area contributed by atoms with Gasteiger partial charge in [-0.2, -0.15) is 0 Å². The minimum Gasteiger partial charge on any atom is -0.350 e. The second kappa shape index (κ2) is 8.25. The van der Waals surface area contributed by atoms with Gasteiger partial charge in [0.2, 0.25) is 5.91 Å². The quantitative estimate of drug-likeness (QED) is 0.797. The first-order valence-corrected chi connectivity index (χ1v) is 8.27. The van der Waals surface area contributed by atoms with Crippen LogP contribution in [-0.4, -0.2) is 11.9 Å². The van der Waals surface area contributed by atoms with Gasteiger partial charge in [-0.15, -0.1) is 0 Å². The van der Waals surface area contributed by atoms with Crippen molar-refractivity contribution in [2.24, 2.45) is 0 Å². The van der Waals surface area contributed by atoms with Crippen LogP contribution in [0.15, 0.2) is 34.8 Å². The molecular weight excluding hydrogens is 314 g/mol. The zero-order valence-electron chi connectivity index (χ0n) is 11.8. The Labute approximate surface area is 129 Å². The summed E-state index contributed by atoms with van der Waals surface area (Å²) in [5, 5.41) is 3.13. The first kappa shape index (κ1) is 15.3. The average molecular weight is 336 g/mol. The van der Waals surface area contributed by atoms with Crippen LogP contribution >= 0.6 is 15.9 Å². The van der Waals surface area contributed by atoms with Crippen LogP contribution in [0, 0.1) is 0 Å². The summed E-state index contributed by atoms with van der Waals surface area (Å²) in [6.07, 6.45) is 12.2. The SMILES string of the molecule is O=C(C=Cc1ccc(Br)cc1)NC1CCCCCCC1. The van der Waals surface area contributed by atoms with Crippen LogP contribution in [0.1, 0.15) is 50.5 Å². The molecule has 1 amide bonds. The van der Waals surface area contributed by atoms with Crippen molar-refractivity contribution < 1.29 is 4.79 Å². The van der Waals surface area contributed by atoms with Gasteiger partial charge in [-0.25, -0.2) is 0 Å². The number of halogens is 1. The molecule has 0 saturated heterocycles. The first-order valence-electron chi connectivity index (χ1n) is 7.48. The van der Waals surface area contributed by atoms with E-state index in [1.807, 2.05) is 30.3 Å². The first-order chi connectivity index (χ1) is 9.74. The highest BCUT2D eigenvalue weighted by atomic mass is 79.9. The summed E-state index contributed by atoms with van der Waals surface area (Å²) in [5.74, 6) is 0.0264. The monoisotopic (exact) mass is 335 g/mol. The van der Waals surface area contributed by atoms with E-state index in [2.05, 4.69) is 21.2 Å². The third kappa shape index (κ3) is 5.49. The zero-order chi connectivity index (χ0) is 14.2. The second-order valence-electron chi connectivity index (χ2n) is 5.44. The molecular formula is C17H22BrNO. The van der Waals surface area contributed by atoms with Gasteiger partial charge < -0.3 is 5.32 Å². The Morgan fingerprint density at radius 2 is 1.65 bits per heavy atom. The molecule has 108 valence electrons. The largest absolute Gasteiger partial charge is 0.350 e. The molecule has 1 saturated carbocycles. The van der Waals surface area contributed by atoms with E-state index in [4.69, 9.17) is 0 Å². The van der Waals surface area contributed by atoms with Crippen LogP contribution in [-0.2, 0) is 4.79 Å². The highest BCUT2D eigenvalue weighted by molar-refractivity contribution is 9.10. The molecule has 0 unspecified atom stereocenters. The smallest absolute Gasteiger partial charge is 0.244 e. The van der Waals surface area contributed by atoms with Crippen molar-refractivity contribution in [3.8, 4) is 0 Å². The maximum Gasteiger partial charge on any atom is 0.244 e. The Kier molecular flexibility index (Phi) is 6.31. The number of nitrogens with one attached hydrogen (secondary N) is 1. The number of carbonyl (C=O) groups excluding carboxylic acids is 1. The van der Waals surface area contributed by atoms with E-state index in [1.165, 1.54) is 32.1 Å². The summed E-state index contributed by atoms with van der Waals surface area (Å²) in [5.41, 5.74) is 1.04. The van der Waals surface area contributed by atoms with Gasteiger partial charge >= 0.3 is 0 Å². The molecule has 1 aromatic carbocycles. The summed E-state index contributed by atoms with van der Waals surface area (Å²) in [7, 11) is 0. The molecule has 1 aliphatic rings. The van der Waals surface area contributed by atoms with Crippen LogP contribution in [0.4, 0.5) is 0 Å². The molecule has 0 atom stereocenters. The molecule has 0 spiro atoms. The summed E-state index contributed by atoms with van der Waals surface area (Å²) in [6.45, 7) is 0. The standard InChI is InChI=1S/C17H22BrNO/c18-15-11-8-14(9-12-15)10-13-17(20)19-16-6-4-2-1-3-5-7-16/h8-13,16H,1-7H2,(H,19,20). The van der Waals surface area contributed by atoms with E-state index in [-0.39, 0.29) is 5.91 Å². The van der Waals surface area contributed by atoms with Gasteiger partial charge in [-0.05, 0) is 36.6 Å². The number of benzene rings is 1. The highest BCUT2D eigenvalue weighted by Crippen LogP contribution is 2.17. The Morgan fingerprint density at radius 1 is 1.05 bits per heavy atom. The molecule has 2 nitrogen and oxygen atoms in total. The Bertz CT molecular complexity index is 445. The third-order valence-electron chi connectivity index (χ3n) is 3.75. The maximum absolute atomic E-state index is 11.9. The predicted octanol–water partition coefficient (Wildman–Crippen LogP) is 4.69. The van der Waals surface area contributed by atoms with E-state index in [0.29, 0.717) is 6.04 Å². The fourth-order valence-electron chi connectivity index (χ4n) is 2.60. The van der Waals surface area contributed by atoms with Crippen molar-refractivity contribution in [1.29, 1.82) is 0 Å². The maximum atomic E-state index is 11.9. The van der Waals surface area contributed by atoms with Gasteiger partial charge in [0, 0.05) is 16.6 Å². The van der Waals surface area contributed by atoms with Gasteiger partial charge in [0.1, 0.15) is 0 Å². The molecule has 0 aromatic heterocycles. The Morgan fingerprint density at radius 3 is 2.30 bits per heavy atom. The van der Waals surface area contributed by atoms with Crippen LogP contribution < -0.4 is 5.32 Å². The molecule has 2 rings (SSSR count). The van der Waals surface area contributed by atoms with E-state index in [0.717, 1.165) is 22.9 Å². The van der Waals surface area contributed by atoms with E-state index in [9.17, 15) is 4.79 Å². The van der Waals surface area contributed by atoms with Crippen molar-refractivity contribution in [2.45, 2.75) is 51.0 Å². The number of hydrogen-bond donors (Lipinski definition) is 1. The summed E-state index contributed by atoms with van der Waals surface area (Å²) >= 11 is 3.40.